The molecule has 15 heavy (non-hydrogen) atoms. The molecule has 0 aliphatic carbocycles. The summed E-state index contributed by atoms with van der Waals surface area (Å²) in [6.45, 7) is 1.91. The quantitative estimate of drug-likeness (QED) is 0.784. The molecule has 0 aliphatic rings. The number of aromatic nitrogens is 3. The van der Waals surface area contributed by atoms with Gasteiger partial charge in [0.05, 0.1) is 5.69 Å². The lowest BCUT2D eigenvalue weighted by molar-refractivity contribution is 0.682. The highest BCUT2D eigenvalue weighted by Crippen LogP contribution is 2.52. The van der Waals surface area contributed by atoms with Crippen LogP contribution in [-0.4, -0.2) is 18.8 Å². The van der Waals surface area contributed by atoms with Gasteiger partial charge >= 0.3 is 0 Å². The summed E-state index contributed by atoms with van der Waals surface area (Å²) in [6, 6.07) is 0. The molecule has 1 aromatic heterocycles. The van der Waals surface area contributed by atoms with Crippen molar-refractivity contribution in [3.63, 3.8) is 0 Å². The molecule has 0 aliphatic heterocycles. The molecule has 0 bridgehead atoms. The van der Waals surface area contributed by atoms with Gasteiger partial charge in [-0.2, -0.15) is 0 Å². The van der Waals surface area contributed by atoms with Gasteiger partial charge < -0.3 is 0 Å². The molecule has 1 aromatic rings. The van der Waals surface area contributed by atoms with E-state index in [1.54, 1.807) is 11.7 Å². The van der Waals surface area contributed by atoms with E-state index in [1.165, 1.54) is 0 Å². The molecule has 1 rings (SSSR count). The van der Waals surface area contributed by atoms with Gasteiger partial charge in [0.1, 0.15) is 5.69 Å². The van der Waals surface area contributed by atoms with E-state index in [-0.39, 0.29) is 5.69 Å². The molecule has 0 unspecified atom stereocenters. The lowest BCUT2D eigenvalue weighted by atomic mass is 10.2. The molecule has 0 amide bonds. The maximum atomic E-state index is 5.99. The van der Waals surface area contributed by atoms with E-state index in [0.717, 1.165) is 5.69 Å². The predicted octanol–water partition coefficient (Wildman–Crippen LogP) is 3.38. The van der Waals surface area contributed by atoms with Gasteiger partial charge in [-0.05, 0) is 6.42 Å². The van der Waals surface area contributed by atoms with Crippen molar-refractivity contribution in [1.29, 1.82) is 0 Å². The number of alkyl halides is 5. The van der Waals surface area contributed by atoms with Gasteiger partial charge in [0.2, 0.25) is 8.13 Å². The highest BCUT2D eigenvalue weighted by atomic mass is 35.6. The highest BCUT2D eigenvalue weighted by molar-refractivity contribution is 6.75. The lowest BCUT2D eigenvalue weighted by Crippen LogP contribution is -2.30. The molecule has 0 N–H and O–H groups in total. The number of aryl methyl sites for hydroxylation is 1. The van der Waals surface area contributed by atoms with E-state index in [9.17, 15) is 0 Å². The van der Waals surface area contributed by atoms with Crippen LogP contribution in [0.1, 0.15) is 18.3 Å². The minimum absolute atomic E-state index is 0.274. The van der Waals surface area contributed by atoms with Gasteiger partial charge in [-0.25, -0.2) is 0 Å². The SMILES string of the molecule is CCc1c(C(Cl)(Cl)C(Cl)(Cl)Cl)nnn1C. The Morgan fingerprint density at radius 1 is 1.20 bits per heavy atom. The molecule has 1 heterocycles. The van der Waals surface area contributed by atoms with Crippen molar-refractivity contribution in [2.75, 3.05) is 0 Å². The molecule has 0 aromatic carbocycles. The molecule has 0 atom stereocenters. The molecular weight excluding hydrogens is 303 g/mol. The van der Waals surface area contributed by atoms with Crippen LogP contribution in [0.2, 0.25) is 0 Å². The zero-order valence-electron chi connectivity index (χ0n) is 7.94. The molecule has 86 valence electrons. The molecule has 0 saturated heterocycles. The third-order valence-electron chi connectivity index (χ3n) is 1.93. The third kappa shape index (κ3) is 2.47. The van der Waals surface area contributed by atoms with Crippen molar-refractivity contribution in [2.45, 2.75) is 21.5 Å². The number of halogens is 5. The first kappa shape index (κ1) is 13.7. The number of hydrogen-bond donors (Lipinski definition) is 0. The Hall–Kier alpha value is 0.590. The van der Waals surface area contributed by atoms with E-state index < -0.39 is 8.13 Å². The zero-order chi connectivity index (χ0) is 11.9. The Labute approximate surface area is 113 Å². The number of hydrogen-bond acceptors (Lipinski definition) is 2. The van der Waals surface area contributed by atoms with Gasteiger partial charge in [-0.15, -0.1) is 5.10 Å². The van der Waals surface area contributed by atoms with Crippen molar-refractivity contribution < 1.29 is 0 Å². The van der Waals surface area contributed by atoms with Crippen LogP contribution in [-0.2, 0) is 17.8 Å². The second kappa shape index (κ2) is 4.46. The first-order valence-corrected chi connectivity index (χ1v) is 5.94. The Morgan fingerprint density at radius 3 is 2.13 bits per heavy atom. The molecule has 8 heteroatoms. The molecule has 0 fully saturated rings. The molecule has 0 radical (unpaired) electrons. The molecular formula is C7H8Cl5N3. The fourth-order valence-electron chi connectivity index (χ4n) is 1.15. The number of nitrogens with zero attached hydrogens (tertiary/aromatic N) is 3. The maximum absolute atomic E-state index is 5.99. The number of rotatable bonds is 2. The van der Waals surface area contributed by atoms with Crippen LogP contribution in [0.25, 0.3) is 0 Å². The normalized spacial score (nSPS) is 13.3. The average Bonchev–Trinajstić information content (AvgIpc) is 2.44. The Morgan fingerprint density at radius 2 is 1.73 bits per heavy atom. The van der Waals surface area contributed by atoms with Crippen molar-refractivity contribution >= 4 is 58.0 Å². The van der Waals surface area contributed by atoms with Gasteiger partial charge in [0, 0.05) is 7.05 Å². The first-order chi connectivity index (χ1) is 6.71. The monoisotopic (exact) mass is 309 g/mol. The summed E-state index contributed by atoms with van der Waals surface area (Å²) in [5.41, 5.74) is 1.00. The van der Waals surface area contributed by atoms with E-state index in [2.05, 4.69) is 10.3 Å². The standard InChI is InChI=1S/C7H8Cl5N3/c1-3-4-5(13-14-15(4)2)6(8,9)7(10,11)12/h3H2,1-2H3. The van der Waals surface area contributed by atoms with Crippen LogP contribution in [0.3, 0.4) is 0 Å². The van der Waals surface area contributed by atoms with Crippen LogP contribution in [0.4, 0.5) is 0 Å². The van der Waals surface area contributed by atoms with Crippen LogP contribution < -0.4 is 0 Å². The molecule has 3 nitrogen and oxygen atoms in total. The van der Waals surface area contributed by atoms with Gasteiger partial charge in [-0.1, -0.05) is 70.1 Å². The minimum atomic E-state index is -1.87. The van der Waals surface area contributed by atoms with Gasteiger partial charge in [0.15, 0.2) is 0 Å². The minimum Gasteiger partial charge on any atom is -0.252 e. The fourth-order valence-corrected chi connectivity index (χ4v) is 1.71. The van der Waals surface area contributed by atoms with Gasteiger partial charge in [0.25, 0.3) is 0 Å². The van der Waals surface area contributed by atoms with Crippen molar-refractivity contribution in [2.24, 2.45) is 7.05 Å². The van der Waals surface area contributed by atoms with Crippen LogP contribution in [0.5, 0.6) is 0 Å². The van der Waals surface area contributed by atoms with E-state index in [4.69, 9.17) is 58.0 Å². The van der Waals surface area contributed by atoms with Crippen LogP contribution in [0, 0.1) is 0 Å². The second-order valence-electron chi connectivity index (χ2n) is 2.93. The summed E-state index contributed by atoms with van der Waals surface area (Å²) >= 11 is 29.0. The fraction of sp³-hybridized carbons (Fsp3) is 0.714. The Kier molecular flexibility index (Phi) is 4.06. The summed E-state index contributed by atoms with van der Waals surface area (Å²) < 4.78 is -2.03. The van der Waals surface area contributed by atoms with Crippen molar-refractivity contribution in [1.82, 2.24) is 15.0 Å². The predicted molar refractivity (Wildman–Crippen MR) is 64.1 cm³/mol. The lowest BCUT2D eigenvalue weighted by Gasteiger charge is -2.25. The largest absolute Gasteiger partial charge is 0.252 e. The van der Waals surface area contributed by atoms with E-state index >= 15 is 0 Å². The van der Waals surface area contributed by atoms with Crippen molar-refractivity contribution in [3.05, 3.63) is 11.4 Å². The van der Waals surface area contributed by atoms with Crippen molar-refractivity contribution in [3.8, 4) is 0 Å². The summed E-state index contributed by atoms with van der Waals surface area (Å²) in [6.07, 6.45) is 0.640. The third-order valence-corrected chi connectivity index (χ3v) is 4.29. The summed E-state index contributed by atoms with van der Waals surface area (Å²) in [5, 5.41) is 7.61. The van der Waals surface area contributed by atoms with Gasteiger partial charge in [-0.3, -0.25) is 4.68 Å². The van der Waals surface area contributed by atoms with E-state index in [0.29, 0.717) is 6.42 Å². The maximum Gasteiger partial charge on any atom is 0.228 e. The van der Waals surface area contributed by atoms with Crippen LogP contribution >= 0.6 is 58.0 Å². The summed E-state index contributed by atoms with van der Waals surface area (Å²) in [7, 11) is 1.72. The zero-order valence-corrected chi connectivity index (χ0v) is 11.7. The Bertz CT molecular complexity index is 354. The highest BCUT2D eigenvalue weighted by Gasteiger charge is 2.50. The Balaban J connectivity index is 3.27. The first-order valence-electron chi connectivity index (χ1n) is 4.05. The van der Waals surface area contributed by atoms with Crippen LogP contribution in [0.15, 0.2) is 0 Å². The molecule has 0 spiro atoms. The second-order valence-corrected chi connectivity index (χ2v) is 6.54. The average molecular weight is 311 g/mol. The summed E-state index contributed by atoms with van der Waals surface area (Å²) in [4.78, 5) is 0. The summed E-state index contributed by atoms with van der Waals surface area (Å²) in [5.74, 6) is 0. The van der Waals surface area contributed by atoms with E-state index in [1.807, 2.05) is 6.92 Å². The smallest absolute Gasteiger partial charge is 0.228 e. The molecule has 0 saturated carbocycles. The topological polar surface area (TPSA) is 30.7 Å².